The Labute approximate surface area is 213 Å². The summed E-state index contributed by atoms with van der Waals surface area (Å²) in [5.41, 5.74) is 5.23. The van der Waals surface area contributed by atoms with Gasteiger partial charge in [0.15, 0.2) is 0 Å². The number of benzene rings is 1. The number of anilines is 4. The Morgan fingerprint density at radius 3 is 2.47 bits per heavy atom. The number of rotatable bonds is 8. The molecule has 0 amide bonds. The third-order valence-electron chi connectivity index (χ3n) is 6.30. The van der Waals surface area contributed by atoms with Crippen molar-refractivity contribution >= 4 is 23.1 Å². The topological polar surface area (TPSA) is 74.1 Å². The molecular weight excluding hydrogens is 448 g/mol. The van der Waals surface area contributed by atoms with E-state index in [-0.39, 0.29) is 0 Å². The highest BCUT2D eigenvalue weighted by molar-refractivity contribution is 5.62. The molecule has 1 aliphatic rings. The number of nitrogens with zero attached hydrogens (tertiary/aromatic N) is 6. The van der Waals surface area contributed by atoms with E-state index >= 15 is 0 Å². The molecule has 0 bridgehead atoms. The molecule has 3 aromatic rings. The number of nitrogens with one attached hydrogen (secondary N) is 2. The molecule has 0 radical (unpaired) electrons. The van der Waals surface area contributed by atoms with Gasteiger partial charge in [-0.2, -0.15) is 0 Å². The van der Waals surface area contributed by atoms with Gasteiger partial charge in [0.1, 0.15) is 18.0 Å². The number of allylic oxidation sites excluding steroid dienone is 3. The summed E-state index contributed by atoms with van der Waals surface area (Å²) >= 11 is 0. The second-order valence-corrected chi connectivity index (χ2v) is 8.97. The molecule has 0 spiro atoms. The van der Waals surface area contributed by atoms with Crippen LogP contribution in [-0.4, -0.2) is 57.1 Å². The van der Waals surface area contributed by atoms with Crippen molar-refractivity contribution < 1.29 is 0 Å². The summed E-state index contributed by atoms with van der Waals surface area (Å²) in [6.45, 7) is 13.7. The van der Waals surface area contributed by atoms with Crippen LogP contribution in [-0.2, 0) is 0 Å². The standard InChI is InChI=1S/C28H34N8/c1-6-8-22(5)27(21(3)4)33-28-29-13-14-36(28)26-19-25(30-20-31-26)32-23-9-11-24(12-10-23)35-17-15-34(7-2)16-18-35/h1,8-14,19-20H,7,15-18H2,2-5H3,(H,29,33)(H,30,31,32)/b22-8-. The van der Waals surface area contributed by atoms with Gasteiger partial charge in [0.2, 0.25) is 5.95 Å². The summed E-state index contributed by atoms with van der Waals surface area (Å²) < 4.78 is 1.89. The fourth-order valence-corrected chi connectivity index (χ4v) is 4.28. The van der Waals surface area contributed by atoms with Crippen LogP contribution in [0.5, 0.6) is 0 Å². The van der Waals surface area contributed by atoms with E-state index in [1.165, 1.54) is 5.69 Å². The van der Waals surface area contributed by atoms with Crippen molar-refractivity contribution in [1.29, 1.82) is 0 Å². The van der Waals surface area contributed by atoms with Crippen LogP contribution in [0.15, 0.2) is 72.0 Å². The van der Waals surface area contributed by atoms with Crippen molar-refractivity contribution in [3.05, 3.63) is 72.0 Å². The average Bonchev–Trinajstić information content (AvgIpc) is 3.36. The highest BCUT2D eigenvalue weighted by Gasteiger charge is 2.16. The van der Waals surface area contributed by atoms with Crippen LogP contribution in [0.1, 0.15) is 27.7 Å². The van der Waals surface area contributed by atoms with Gasteiger partial charge in [-0.1, -0.05) is 18.4 Å². The summed E-state index contributed by atoms with van der Waals surface area (Å²) in [6, 6.07) is 10.4. The van der Waals surface area contributed by atoms with E-state index < -0.39 is 0 Å². The molecule has 1 aliphatic heterocycles. The number of likely N-dealkylation sites (N-methyl/N-ethyl adjacent to an activating group) is 1. The molecule has 1 fully saturated rings. The smallest absolute Gasteiger partial charge is 0.213 e. The molecule has 0 unspecified atom stereocenters. The minimum atomic E-state index is 0.646. The molecule has 1 aromatic carbocycles. The van der Waals surface area contributed by atoms with Crippen LogP contribution in [0.2, 0.25) is 0 Å². The third-order valence-corrected chi connectivity index (χ3v) is 6.30. The molecule has 3 heterocycles. The zero-order chi connectivity index (χ0) is 25.5. The predicted molar refractivity (Wildman–Crippen MR) is 148 cm³/mol. The second kappa shape index (κ2) is 11.6. The number of imidazole rings is 1. The summed E-state index contributed by atoms with van der Waals surface area (Å²) in [5, 5.41) is 6.80. The zero-order valence-corrected chi connectivity index (χ0v) is 21.5. The number of aromatic nitrogens is 4. The summed E-state index contributed by atoms with van der Waals surface area (Å²) in [6.07, 6.45) is 12.4. The molecule has 0 saturated carbocycles. The maximum absolute atomic E-state index is 5.47. The Morgan fingerprint density at radius 1 is 1.06 bits per heavy atom. The van der Waals surface area contributed by atoms with E-state index in [2.05, 4.69) is 72.5 Å². The van der Waals surface area contributed by atoms with E-state index in [0.29, 0.717) is 17.6 Å². The maximum atomic E-state index is 5.47. The van der Waals surface area contributed by atoms with Crippen molar-refractivity contribution in [1.82, 2.24) is 24.4 Å². The molecule has 8 nitrogen and oxygen atoms in total. The van der Waals surface area contributed by atoms with Crippen LogP contribution in [0.4, 0.5) is 23.1 Å². The van der Waals surface area contributed by atoms with E-state index in [0.717, 1.165) is 55.3 Å². The van der Waals surface area contributed by atoms with Crippen LogP contribution < -0.4 is 15.5 Å². The van der Waals surface area contributed by atoms with E-state index in [1.54, 1.807) is 18.6 Å². The average molecular weight is 483 g/mol. The normalized spacial score (nSPS) is 14.3. The van der Waals surface area contributed by atoms with Gasteiger partial charge in [0.05, 0.1) is 0 Å². The first-order valence-electron chi connectivity index (χ1n) is 12.3. The molecule has 4 rings (SSSR count). The van der Waals surface area contributed by atoms with Gasteiger partial charge in [-0.25, -0.2) is 15.0 Å². The molecule has 186 valence electrons. The minimum absolute atomic E-state index is 0.646. The molecule has 2 aromatic heterocycles. The lowest BCUT2D eigenvalue weighted by Gasteiger charge is -2.35. The SMILES string of the molecule is C#C/C=C(/C)C(Nc1nccn1-c1cc(Nc2ccc(N3CCN(CC)CC3)cc2)ncn1)=C(C)C. The highest BCUT2D eigenvalue weighted by Crippen LogP contribution is 2.24. The Bertz CT molecular complexity index is 1270. The second-order valence-electron chi connectivity index (χ2n) is 8.97. The Balaban J connectivity index is 1.48. The zero-order valence-electron chi connectivity index (χ0n) is 21.5. The van der Waals surface area contributed by atoms with Crippen molar-refractivity contribution in [2.24, 2.45) is 0 Å². The highest BCUT2D eigenvalue weighted by atomic mass is 15.3. The lowest BCUT2D eigenvalue weighted by molar-refractivity contribution is 0.271. The van der Waals surface area contributed by atoms with E-state index in [4.69, 9.17) is 6.42 Å². The molecule has 0 aliphatic carbocycles. The van der Waals surface area contributed by atoms with Gasteiger partial charge in [-0.3, -0.25) is 4.57 Å². The van der Waals surface area contributed by atoms with Crippen molar-refractivity contribution in [2.45, 2.75) is 27.7 Å². The lowest BCUT2D eigenvalue weighted by atomic mass is 10.1. The molecule has 36 heavy (non-hydrogen) atoms. The molecule has 8 heteroatoms. The van der Waals surface area contributed by atoms with Crippen molar-refractivity contribution in [3.63, 3.8) is 0 Å². The van der Waals surface area contributed by atoms with Crippen LogP contribution >= 0.6 is 0 Å². The molecule has 1 saturated heterocycles. The fraction of sp³-hybridized carbons (Fsp3) is 0.321. The van der Waals surface area contributed by atoms with Gasteiger partial charge in [0.25, 0.3) is 0 Å². The van der Waals surface area contributed by atoms with Gasteiger partial charge in [-0.15, -0.1) is 6.42 Å². The Morgan fingerprint density at radius 2 is 1.81 bits per heavy atom. The first-order chi connectivity index (χ1) is 17.5. The fourth-order valence-electron chi connectivity index (χ4n) is 4.28. The van der Waals surface area contributed by atoms with Crippen LogP contribution in [0, 0.1) is 12.3 Å². The number of piperazine rings is 1. The number of terminal acetylenes is 1. The predicted octanol–water partition coefficient (Wildman–Crippen LogP) is 4.83. The van der Waals surface area contributed by atoms with Gasteiger partial charge in [0, 0.05) is 61.7 Å². The maximum Gasteiger partial charge on any atom is 0.213 e. The summed E-state index contributed by atoms with van der Waals surface area (Å²) in [5.74, 6) is 4.64. The Kier molecular flexibility index (Phi) is 8.03. The first-order valence-corrected chi connectivity index (χ1v) is 12.3. The lowest BCUT2D eigenvalue weighted by Crippen LogP contribution is -2.46. The van der Waals surface area contributed by atoms with E-state index in [1.807, 2.05) is 37.6 Å². The minimum Gasteiger partial charge on any atom is -0.369 e. The van der Waals surface area contributed by atoms with Gasteiger partial charge < -0.3 is 20.4 Å². The monoisotopic (exact) mass is 482 g/mol. The summed E-state index contributed by atoms with van der Waals surface area (Å²) in [7, 11) is 0. The number of hydrogen-bond donors (Lipinski definition) is 2. The number of hydrogen-bond acceptors (Lipinski definition) is 7. The van der Waals surface area contributed by atoms with E-state index in [9.17, 15) is 0 Å². The largest absolute Gasteiger partial charge is 0.369 e. The third kappa shape index (κ3) is 5.93. The summed E-state index contributed by atoms with van der Waals surface area (Å²) in [4.78, 5) is 18.3. The molecule has 0 atom stereocenters. The Hall–Kier alpha value is -4.09. The van der Waals surface area contributed by atoms with Crippen molar-refractivity contribution in [2.75, 3.05) is 48.3 Å². The van der Waals surface area contributed by atoms with Crippen LogP contribution in [0.25, 0.3) is 5.82 Å². The molecule has 2 N–H and O–H groups in total. The van der Waals surface area contributed by atoms with Gasteiger partial charge >= 0.3 is 0 Å². The van der Waals surface area contributed by atoms with Crippen molar-refractivity contribution in [3.8, 4) is 18.2 Å². The van der Waals surface area contributed by atoms with Crippen LogP contribution in [0.3, 0.4) is 0 Å². The van der Waals surface area contributed by atoms with Gasteiger partial charge in [-0.05, 0) is 63.2 Å². The quantitative estimate of drug-likeness (QED) is 0.352. The molecular formula is C28H34N8. The first kappa shape index (κ1) is 25.0.